The van der Waals surface area contributed by atoms with Crippen LogP contribution in [0.3, 0.4) is 0 Å². The smallest absolute Gasteiger partial charge is 0.230 e. The van der Waals surface area contributed by atoms with Crippen LogP contribution < -0.4 is 10.1 Å². The Balaban J connectivity index is 1.81. The van der Waals surface area contributed by atoms with Gasteiger partial charge in [-0.15, -0.1) is 11.8 Å². The minimum absolute atomic E-state index is 0.0983. The van der Waals surface area contributed by atoms with E-state index in [1.807, 2.05) is 38.1 Å². The number of nitrogens with one attached hydrogen (secondary N) is 1. The van der Waals surface area contributed by atoms with E-state index in [0.29, 0.717) is 22.9 Å². The lowest BCUT2D eigenvalue weighted by Gasteiger charge is -2.15. The van der Waals surface area contributed by atoms with Crippen LogP contribution in [0.1, 0.15) is 31.0 Å². The van der Waals surface area contributed by atoms with Gasteiger partial charge in [0.1, 0.15) is 11.6 Å². The van der Waals surface area contributed by atoms with E-state index in [9.17, 15) is 9.18 Å². The van der Waals surface area contributed by atoms with Crippen LogP contribution in [0, 0.1) is 5.82 Å². The van der Waals surface area contributed by atoms with Gasteiger partial charge >= 0.3 is 0 Å². The Hall–Kier alpha value is -1.72. The number of carbonyl (C=O) groups excluding carboxylic acids is 1. The monoisotopic (exact) mass is 381 g/mol. The van der Waals surface area contributed by atoms with Crippen LogP contribution in [-0.2, 0) is 10.5 Å². The number of benzene rings is 2. The molecule has 0 saturated carbocycles. The van der Waals surface area contributed by atoms with Crippen molar-refractivity contribution >= 4 is 29.3 Å². The quantitative estimate of drug-likeness (QED) is 0.700. The third-order valence-electron chi connectivity index (χ3n) is 3.61. The summed E-state index contributed by atoms with van der Waals surface area (Å²) in [5, 5.41) is 3.32. The molecule has 2 aromatic carbocycles. The Morgan fingerprint density at radius 2 is 2.00 bits per heavy atom. The first-order valence-electron chi connectivity index (χ1n) is 8.04. The molecule has 0 aliphatic heterocycles. The maximum absolute atomic E-state index is 13.7. The van der Waals surface area contributed by atoms with Crippen molar-refractivity contribution in [2.75, 3.05) is 12.4 Å². The van der Waals surface area contributed by atoms with Crippen LogP contribution >= 0.6 is 23.4 Å². The third-order valence-corrected chi connectivity index (χ3v) is 4.92. The molecule has 1 amide bonds. The minimum Gasteiger partial charge on any atom is -0.494 e. The molecule has 0 heterocycles. The molecule has 0 aliphatic carbocycles. The lowest BCUT2D eigenvalue weighted by molar-refractivity contribution is -0.119. The Labute approximate surface area is 156 Å². The van der Waals surface area contributed by atoms with Crippen LogP contribution in [0.4, 0.5) is 4.39 Å². The molecule has 0 aromatic heterocycles. The van der Waals surface area contributed by atoms with Gasteiger partial charge in [0.2, 0.25) is 5.91 Å². The molecular weight excluding hydrogens is 361 g/mol. The number of ether oxygens (including phenoxy) is 1. The second-order valence-electron chi connectivity index (χ2n) is 5.48. The predicted octanol–water partition coefficient (Wildman–Crippen LogP) is 4.99. The highest BCUT2D eigenvalue weighted by molar-refractivity contribution is 7.99. The Bertz CT molecular complexity index is 689. The molecule has 0 radical (unpaired) electrons. The number of amides is 1. The molecule has 2 rings (SSSR count). The zero-order valence-electron chi connectivity index (χ0n) is 14.2. The van der Waals surface area contributed by atoms with E-state index in [4.69, 9.17) is 16.3 Å². The van der Waals surface area contributed by atoms with Crippen LogP contribution in [0.5, 0.6) is 5.75 Å². The lowest BCUT2D eigenvalue weighted by atomic mass is 10.1. The van der Waals surface area contributed by atoms with E-state index < -0.39 is 0 Å². The highest BCUT2D eigenvalue weighted by Crippen LogP contribution is 2.24. The molecule has 0 aliphatic rings. The number of hydrogen-bond donors (Lipinski definition) is 1. The van der Waals surface area contributed by atoms with Gasteiger partial charge in [-0.05, 0) is 43.7 Å². The van der Waals surface area contributed by atoms with E-state index in [0.717, 1.165) is 11.3 Å². The Kier molecular flexibility index (Phi) is 7.59. The van der Waals surface area contributed by atoms with Crippen molar-refractivity contribution in [2.24, 2.45) is 0 Å². The molecule has 0 bridgehead atoms. The molecule has 134 valence electrons. The summed E-state index contributed by atoms with van der Waals surface area (Å²) in [5.41, 5.74) is 1.43. The van der Waals surface area contributed by atoms with Crippen LogP contribution in [0.2, 0.25) is 5.02 Å². The van der Waals surface area contributed by atoms with Gasteiger partial charge in [-0.2, -0.15) is 0 Å². The minimum atomic E-state index is -0.344. The highest BCUT2D eigenvalue weighted by Gasteiger charge is 2.12. The van der Waals surface area contributed by atoms with E-state index in [2.05, 4.69) is 5.32 Å². The van der Waals surface area contributed by atoms with Crippen molar-refractivity contribution in [3.05, 3.63) is 64.4 Å². The SMILES string of the molecule is CCOc1ccc([C@@H](C)NC(=O)CSCc2c(F)cccc2Cl)cc1. The fourth-order valence-corrected chi connectivity index (χ4v) is 3.48. The molecular formula is C19H21ClFNO2S. The Morgan fingerprint density at radius 1 is 1.28 bits per heavy atom. The first-order valence-corrected chi connectivity index (χ1v) is 9.57. The van der Waals surface area contributed by atoms with E-state index >= 15 is 0 Å². The molecule has 0 unspecified atom stereocenters. The summed E-state index contributed by atoms with van der Waals surface area (Å²) in [6, 6.07) is 12.1. The molecule has 1 N–H and O–H groups in total. The molecule has 0 spiro atoms. The summed E-state index contributed by atoms with van der Waals surface area (Å²) in [7, 11) is 0. The number of thioether (sulfide) groups is 1. The molecule has 2 aromatic rings. The topological polar surface area (TPSA) is 38.3 Å². The van der Waals surface area contributed by atoms with Gasteiger partial charge in [0.15, 0.2) is 0 Å². The maximum atomic E-state index is 13.7. The number of hydrogen-bond acceptors (Lipinski definition) is 3. The van der Waals surface area contributed by atoms with Crippen LogP contribution in [0.15, 0.2) is 42.5 Å². The highest BCUT2D eigenvalue weighted by atomic mass is 35.5. The molecule has 3 nitrogen and oxygen atoms in total. The number of carbonyl (C=O) groups is 1. The van der Waals surface area contributed by atoms with Crippen LogP contribution in [-0.4, -0.2) is 18.3 Å². The van der Waals surface area contributed by atoms with E-state index in [-0.39, 0.29) is 23.5 Å². The second-order valence-corrected chi connectivity index (χ2v) is 6.88. The normalized spacial score (nSPS) is 11.8. The van der Waals surface area contributed by atoms with Crippen molar-refractivity contribution in [3.63, 3.8) is 0 Å². The van der Waals surface area contributed by atoms with Gasteiger partial charge in [-0.1, -0.05) is 29.8 Å². The fourth-order valence-electron chi connectivity index (χ4n) is 2.30. The van der Waals surface area contributed by atoms with Gasteiger partial charge < -0.3 is 10.1 Å². The Morgan fingerprint density at radius 3 is 2.64 bits per heavy atom. The lowest BCUT2D eigenvalue weighted by Crippen LogP contribution is -2.28. The third kappa shape index (κ3) is 5.94. The average Bonchev–Trinajstić information content (AvgIpc) is 2.58. The molecule has 1 atom stereocenters. The van der Waals surface area contributed by atoms with E-state index in [1.54, 1.807) is 12.1 Å². The molecule has 0 fully saturated rings. The average molecular weight is 382 g/mol. The van der Waals surface area contributed by atoms with Gasteiger partial charge in [0, 0.05) is 16.3 Å². The standard InChI is InChI=1S/C19H21ClFNO2S/c1-3-24-15-9-7-14(8-10-15)13(2)22-19(23)12-25-11-16-17(20)5-4-6-18(16)21/h4-10,13H,3,11-12H2,1-2H3,(H,22,23)/t13-/m1/s1. The first-order chi connectivity index (χ1) is 12.0. The van der Waals surface area contributed by atoms with E-state index in [1.165, 1.54) is 17.8 Å². The van der Waals surface area contributed by atoms with Crippen LogP contribution in [0.25, 0.3) is 0 Å². The summed E-state index contributed by atoms with van der Waals surface area (Å²) in [6.45, 7) is 4.48. The molecule has 25 heavy (non-hydrogen) atoms. The van der Waals surface area contributed by atoms with Crippen molar-refractivity contribution in [3.8, 4) is 5.75 Å². The van der Waals surface area contributed by atoms with Gasteiger partial charge in [-0.3, -0.25) is 4.79 Å². The largest absolute Gasteiger partial charge is 0.494 e. The first kappa shape index (κ1) is 19.6. The van der Waals surface area contributed by atoms with Gasteiger partial charge in [-0.25, -0.2) is 4.39 Å². The maximum Gasteiger partial charge on any atom is 0.230 e. The molecule has 0 saturated heterocycles. The zero-order chi connectivity index (χ0) is 18.2. The summed E-state index contributed by atoms with van der Waals surface area (Å²) in [5.74, 6) is 0.965. The second kappa shape index (κ2) is 9.68. The van der Waals surface area contributed by atoms with Gasteiger partial charge in [0.05, 0.1) is 18.4 Å². The summed E-state index contributed by atoms with van der Waals surface area (Å²) >= 11 is 7.31. The van der Waals surface area contributed by atoms with Crippen molar-refractivity contribution in [2.45, 2.75) is 25.6 Å². The number of rotatable bonds is 8. The predicted molar refractivity (Wildman–Crippen MR) is 102 cm³/mol. The zero-order valence-corrected chi connectivity index (χ0v) is 15.8. The van der Waals surface area contributed by atoms with Crippen molar-refractivity contribution < 1.29 is 13.9 Å². The van der Waals surface area contributed by atoms with Crippen molar-refractivity contribution in [1.82, 2.24) is 5.32 Å². The van der Waals surface area contributed by atoms with Gasteiger partial charge in [0.25, 0.3) is 0 Å². The summed E-state index contributed by atoms with van der Waals surface area (Å²) < 4.78 is 19.1. The summed E-state index contributed by atoms with van der Waals surface area (Å²) in [6.07, 6.45) is 0. The summed E-state index contributed by atoms with van der Waals surface area (Å²) in [4.78, 5) is 12.1. The number of halogens is 2. The molecule has 6 heteroatoms. The van der Waals surface area contributed by atoms with Crippen molar-refractivity contribution in [1.29, 1.82) is 0 Å². The fraction of sp³-hybridized carbons (Fsp3) is 0.316.